The summed E-state index contributed by atoms with van der Waals surface area (Å²) in [4.78, 5) is 25.0. The smallest absolute Gasteiger partial charge is 0.410 e. The monoisotopic (exact) mass is 457 g/mol. The third-order valence-electron chi connectivity index (χ3n) is 5.47. The Labute approximate surface area is 196 Å². The fourth-order valence-corrected chi connectivity index (χ4v) is 3.76. The molecular weight excluding hydrogens is 422 g/mol. The molecule has 1 aliphatic rings. The van der Waals surface area contributed by atoms with Crippen LogP contribution >= 0.6 is 0 Å². The molecule has 2 aromatic rings. The highest BCUT2D eigenvalue weighted by atomic mass is 16.6. The lowest BCUT2D eigenvalue weighted by Gasteiger charge is -2.35. The van der Waals surface area contributed by atoms with Crippen LogP contribution in [0.4, 0.5) is 22.1 Å². The standard InChI is InChI=1S/C24H35N5O4/c1-24(2,3)33-23(30)29-9-7-17(8-10-29)15-28(4)22-14-21(25-16-26-22)27-18-11-19(31-5)13-20(12-18)32-6/h11-14,16-17H,7-10,15H2,1-6H3,(H,25,26,27). The minimum atomic E-state index is -0.469. The van der Waals surface area contributed by atoms with Gasteiger partial charge >= 0.3 is 6.09 Å². The minimum Gasteiger partial charge on any atom is -0.497 e. The minimum absolute atomic E-state index is 0.227. The van der Waals surface area contributed by atoms with E-state index in [4.69, 9.17) is 14.2 Å². The van der Waals surface area contributed by atoms with Gasteiger partial charge in [-0.15, -0.1) is 0 Å². The zero-order valence-electron chi connectivity index (χ0n) is 20.4. The molecule has 9 heteroatoms. The van der Waals surface area contributed by atoms with Crippen molar-refractivity contribution in [2.75, 3.05) is 51.1 Å². The van der Waals surface area contributed by atoms with Crippen molar-refractivity contribution < 1.29 is 19.0 Å². The lowest BCUT2D eigenvalue weighted by atomic mass is 9.96. The van der Waals surface area contributed by atoms with E-state index in [1.54, 1.807) is 25.4 Å². The van der Waals surface area contributed by atoms with E-state index >= 15 is 0 Å². The summed E-state index contributed by atoms with van der Waals surface area (Å²) in [5.41, 5.74) is 0.344. The van der Waals surface area contributed by atoms with Gasteiger partial charge in [0.2, 0.25) is 0 Å². The fourth-order valence-electron chi connectivity index (χ4n) is 3.76. The van der Waals surface area contributed by atoms with E-state index in [2.05, 4.69) is 20.2 Å². The summed E-state index contributed by atoms with van der Waals surface area (Å²) in [6, 6.07) is 7.50. The number of rotatable bonds is 7. The summed E-state index contributed by atoms with van der Waals surface area (Å²) >= 11 is 0. The summed E-state index contributed by atoms with van der Waals surface area (Å²) in [5, 5.41) is 3.29. The zero-order chi connectivity index (χ0) is 24.0. The van der Waals surface area contributed by atoms with Crippen molar-refractivity contribution in [2.45, 2.75) is 39.2 Å². The Bertz CT molecular complexity index is 916. The Kier molecular flexibility index (Phi) is 7.84. The number of methoxy groups -OCH3 is 2. The molecule has 0 atom stereocenters. The third kappa shape index (κ3) is 7.13. The van der Waals surface area contributed by atoms with Crippen molar-refractivity contribution in [3.05, 3.63) is 30.6 Å². The van der Waals surface area contributed by atoms with Crippen LogP contribution in [-0.2, 0) is 4.74 Å². The summed E-state index contributed by atoms with van der Waals surface area (Å²) in [7, 11) is 5.27. The highest BCUT2D eigenvalue weighted by molar-refractivity contribution is 5.68. The van der Waals surface area contributed by atoms with Gasteiger partial charge in [-0.25, -0.2) is 14.8 Å². The van der Waals surface area contributed by atoms with Crippen LogP contribution in [-0.4, -0.2) is 67.5 Å². The number of anilines is 3. The lowest BCUT2D eigenvalue weighted by Crippen LogP contribution is -2.43. The van der Waals surface area contributed by atoms with Gasteiger partial charge in [-0.2, -0.15) is 0 Å². The number of piperidine rings is 1. The second-order valence-electron chi connectivity index (χ2n) is 9.28. The predicted molar refractivity (Wildman–Crippen MR) is 129 cm³/mol. The molecule has 0 radical (unpaired) electrons. The molecule has 0 bridgehead atoms. The van der Waals surface area contributed by atoms with Gasteiger partial charge in [0.25, 0.3) is 0 Å². The van der Waals surface area contributed by atoms with Crippen molar-refractivity contribution in [1.29, 1.82) is 0 Å². The maximum Gasteiger partial charge on any atom is 0.410 e. The molecule has 1 fully saturated rings. The van der Waals surface area contributed by atoms with Crippen molar-refractivity contribution >= 4 is 23.4 Å². The molecule has 0 saturated carbocycles. The van der Waals surface area contributed by atoms with E-state index in [1.807, 2.05) is 52.1 Å². The van der Waals surface area contributed by atoms with E-state index < -0.39 is 5.60 Å². The number of hydrogen-bond donors (Lipinski definition) is 1. The highest BCUT2D eigenvalue weighted by Crippen LogP contribution is 2.28. The molecule has 1 amide bonds. The first-order chi connectivity index (χ1) is 15.7. The summed E-state index contributed by atoms with van der Waals surface area (Å²) in [5.74, 6) is 3.38. The van der Waals surface area contributed by atoms with Gasteiger partial charge in [-0.05, 0) is 39.5 Å². The van der Waals surface area contributed by atoms with Crippen LogP contribution in [0.3, 0.4) is 0 Å². The molecule has 9 nitrogen and oxygen atoms in total. The number of ether oxygens (including phenoxy) is 3. The molecule has 0 aliphatic carbocycles. The molecule has 0 unspecified atom stereocenters. The average molecular weight is 458 g/mol. The fraction of sp³-hybridized carbons (Fsp3) is 0.542. The number of aromatic nitrogens is 2. The van der Waals surface area contributed by atoms with Crippen LogP contribution in [0.25, 0.3) is 0 Å². The predicted octanol–water partition coefficient (Wildman–Crippen LogP) is 4.32. The molecule has 1 N–H and O–H groups in total. The molecule has 1 aromatic heterocycles. The molecule has 3 rings (SSSR count). The van der Waals surface area contributed by atoms with Gasteiger partial charge in [0.15, 0.2) is 0 Å². The molecule has 2 heterocycles. The molecule has 0 spiro atoms. The molecule has 180 valence electrons. The number of nitrogens with one attached hydrogen (secondary N) is 1. The van der Waals surface area contributed by atoms with Gasteiger partial charge in [0.05, 0.1) is 14.2 Å². The number of amides is 1. The molecule has 1 aromatic carbocycles. The van der Waals surface area contributed by atoms with Crippen molar-refractivity contribution in [3.8, 4) is 11.5 Å². The third-order valence-corrected chi connectivity index (χ3v) is 5.47. The normalized spacial score (nSPS) is 14.5. The van der Waals surface area contributed by atoms with Crippen LogP contribution in [0.5, 0.6) is 11.5 Å². The lowest BCUT2D eigenvalue weighted by molar-refractivity contribution is 0.0186. The number of hydrogen-bond acceptors (Lipinski definition) is 8. The Hall–Kier alpha value is -3.23. The zero-order valence-corrected chi connectivity index (χ0v) is 20.4. The van der Waals surface area contributed by atoms with E-state index in [-0.39, 0.29) is 6.09 Å². The average Bonchev–Trinajstić information content (AvgIpc) is 2.78. The van der Waals surface area contributed by atoms with Crippen LogP contribution < -0.4 is 19.7 Å². The summed E-state index contributed by atoms with van der Waals surface area (Å²) in [6.07, 6.45) is 3.19. The van der Waals surface area contributed by atoms with Gasteiger partial charge in [0, 0.05) is 56.6 Å². The number of carbonyl (C=O) groups excluding carboxylic acids is 1. The molecule has 1 saturated heterocycles. The number of carbonyl (C=O) groups is 1. The Morgan fingerprint density at radius 2 is 1.73 bits per heavy atom. The summed E-state index contributed by atoms with van der Waals surface area (Å²) in [6.45, 7) is 7.95. The molecule has 33 heavy (non-hydrogen) atoms. The van der Waals surface area contributed by atoms with E-state index in [0.29, 0.717) is 36.3 Å². The van der Waals surface area contributed by atoms with Gasteiger partial charge in [-0.3, -0.25) is 0 Å². The van der Waals surface area contributed by atoms with Crippen molar-refractivity contribution in [1.82, 2.24) is 14.9 Å². The van der Waals surface area contributed by atoms with Crippen LogP contribution in [0, 0.1) is 5.92 Å². The van der Waals surface area contributed by atoms with Crippen LogP contribution in [0.1, 0.15) is 33.6 Å². The van der Waals surface area contributed by atoms with Crippen molar-refractivity contribution in [2.24, 2.45) is 5.92 Å². The van der Waals surface area contributed by atoms with Crippen LogP contribution in [0.2, 0.25) is 0 Å². The Morgan fingerprint density at radius 1 is 1.09 bits per heavy atom. The second kappa shape index (κ2) is 10.6. The quantitative estimate of drug-likeness (QED) is 0.658. The van der Waals surface area contributed by atoms with Gasteiger partial charge in [-0.1, -0.05) is 0 Å². The molecule has 1 aliphatic heterocycles. The summed E-state index contributed by atoms with van der Waals surface area (Å²) < 4.78 is 16.2. The van der Waals surface area contributed by atoms with E-state index in [1.165, 1.54) is 0 Å². The Morgan fingerprint density at radius 3 is 2.30 bits per heavy atom. The first-order valence-corrected chi connectivity index (χ1v) is 11.2. The Balaban J connectivity index is 1.57. The van der Waals surface area contributed by atoms with Crippen LogP contribution in [0.15, 0.2) is 30.6 Å². The highest BCUT2D eigenvalue weighted by Gasteiger charge is 2.27. The largest absolute Gasteiger partial charge is 0.497 e. The number of nitrogens with zero attached hydrogens (tertiary/aromatic N) is 4. The van der Waals surface area contributed by atoms with Crippen molar-refractivity contribution in [3.63, 3.8) is 0 Å². The second-order valence-corrected chi connectivity index (χ2v) is 9.28. The molecular formula is C24H35N5O4. The maximum atomic E-state index is 12.3. The van der Waals surface area contributed by atoms with E-state index in [9.17, 15) is 4.79 Å². The number of benzene rings is 1. The topological polar surface area (TPSA) is 89.1 Å². The first-order valence-electron chi connectivity index (χ1n) is 11.2. The number of likely N-dealkylation sites (tertiary alicyclic amines) is 1. The maximum absolute atomic E-state index is 12.3. The van der Waals surface area contributed by atoms with Gasteiger partial charge < -0.3 is 29.3 Å². The SMILES string of the molecule is COc1cc(Nc2cc(N(C)CC3CCN(C(=O)OC(C)(C)C)CC3)ncn2)cc(OC)c1. The first kappa shape index (κ1) is 24.4. The van der Waals surface area contributed by atoms with E-state index in [0.717, 1.165) is 30.9 Å². The van der Waals surface area contributed by atoms with Gasteiger partial charge in [0.1, 0.15) is 35.1 Å².